The maximum absolute atomic E-state index is 12.0. The van der Waals surface area contributed by atoms with Gasteiger partial charge < -0.3 is 9.47 Å². The van der Waals surface area contributed by atoms with Crippen LogP contribution in [0.2, 0.25) is 0 Å². The molecule has 100 valence electrons. The maximum atomic E-state index is 12.0. The van der Waals surface area contributed by atoms with E-state index in [1.165, 1.54) is 13.8 Å². The van der Waals surface area contributed by atoms with Gasteiger partial charge in [0.15, 0.2) is 5.41 Å². The number of rotatable bonds is 6. The van der Waals surface area contributed by atoms with E-state index >= 15 is 0 Å². The van der Waals surface area contributed by atoms with Crippen molar-refractivity contribution in [2.75, 3.05) is 13.2 Å². The Hall–Kier alpha value is -0.480. The van der Waals surface area contributed by atoms with E-state index in [1.54, 1.807) is 13.8 Å². The fraction of sp³-hybridized carbons (Fsp3) is 0.818. The van der Waals surface area contributed by atoms with E-state index in [4.69, 9.17) is 32.7 Å². The minimum atomic E-state index is -1.67. The minimum Gasteiger partial charge on any atom is -0.465 e. The molecule has 0 N–H and O–H groups in total. The highest BCUT2D eigenvalue weighted by molar-refractivity contribution is 6.30. The van der Waals surface area contributed by atoms with Crippen molar-refractivity contribution in [2.45, 2.75) is 38.4 Å². The average molecular weight is 285 g/mol. The molecule has 0 aliphatic rings. The molecule has 17 heavy (non-hydrogen) atoms. The van der Waals surface area contributed by atoms with Crippen LogP contribution < -0.4 is 0 Å². The quantitative estimate of drug-likeness (QED) is 0.427. The van der Waals surface area contributed by atoms with Crippen LogP contribution in [0.25, 0.3) is 0 Å². The van der Waals surface area contributed by atoms with Crippen molar-refractivity contribution in [2.24, 2.45) is 5.41 Å². The molecule has 6 heteroatoms. The van der Waals surface area contributed by atoms with E-state index < -0.39 is 28.1 Å². The Kier molecular flexibility index (Phi) is 6.87. The zero-order chi connectivity index (χ0) is 13.6. The normalized spacial score (nSPS) is 14.9. The third-order valence-corrected chi connectivity index (χ3v) is 3.17. The first-order valence-corrected chi connectivity index (χ1v) is 6.35. The molecule has 0 radical (unpaired) electrons. The number of hydrogen-bond donors (Lipinski definition) is 0. The second kappa shape index (κ2) is 7.07. The summed E-state index contributed by atoms with van der Waals surface area (Å²) in [6.07, 6.45) is 0. The van der Waals surface area contributed by atoms with Gasteiger partial charge in [0, 0.05) is 0 Å². The van der Waals surface area contributed by atoms with Crippen molar-refractivity contribution in [3.05, 3.63) is 0 Å². The van der Waals surface area contributed by atoms with Gasteiger partial charge in [-0.25, -0.2) is 0 Å². The predicted molar refractivity (Wildman–Crippen MR) is 66.3 cm³/mol. The van der Waals surface area contributed by atoms with E-state index in [0.717, 1.165) is 0 Å². The Bertz CT molecular complexity index is 249. The van der Waals surface area contributed by atoms with Gasteiger partial charge in [-0.1, -0.05) is 0 Å². The van der Waals surface area contributed by atoms with Crippen molar-refractivity contribution < 1.29 is 19.1 Å². The SMILES string of the molecule is CCOC(=O)C(C(=O)OCC)(C(C)Cl)C(C)Cl. The summed E-state index contributed by atoms with van der Waals surface area (Å²) in [7, 11) is 0. The molecule has 0 aliphatic heterocycles. The number of ether oxygens (including phenoxy) is 2. The Balaban J connectivity index is 5.43. The van der Waals surface area contributed by atoms with E-state index in [9.17, 15) is 9.59 Å². The van der Waals surface area contributed by atoms with Gasteiger partial charge in [-0.2, -0.15) is 0 Å². The lowest BCUT2D eigenvalue weighted by Gasteiger charge is -2.33. The number of halogens is 2. The van der Waals surface area contributed by atoms with Crippen LogP contribution in [0.1, 0.15) is 27.7 Å². The maximum Gasteiger partial charge on any atom is 0.326 e. The lowest BCUT2D eigenvalue weighted by molar-refractivity contribution is -0.171. The largest absolute Gasteiger partial charge is 0.465 e. The zero-order valence-corrected chi connectivity index (χ0v) is 12.0. The summed E-state index contributed by atoms with van der Waals surface area (Å²) < 4.78 is 9.78. The number of carbonyl (C=O) groups excluding carboxylic acids is 2. The highest BCUT2D eigenvalue weighted by atomic mass is 35.5. The van der Waals surface area contributed by atoms with Crippen LogP contribution in [-0.4, -0.2) is 35.9 Å². The Morgan fingerprint density at radius 1 is 1.00 bits per heavy atom. The van der Waals surface area contributed by atoms with Crippen LogP contribution >= 0.6 is 23.2 Å². The van der Waals surface area contributed by atoms with Crippen LogP contribution in [0, 0.1) is 5.41 Å². The average Bonchev–Trinajstić information content (AvgIpc) is 2.17. The van der Waals surface area contributed by atoms with Crippen molar-refractivity contribution in [1.82, 2.24) is 0 Å². The van der Waals surface area contributed by atoms with Crippen molar-refractivity contribution in [3.63, 3.8) is 0 Å². The molecule has 2 atom stereocenters. The number of alkyl halides is 2. The predicted octanol–water partition coefficient (Wildman–Crippen LogP) is 2.35. The number of esters is 2. The summed E-state index contributed by atoms with van der Waals surface area (Å²) in [6.45, 7) is 6.63. The summed E-state index contributed by atoms with van der Waals surface area (Å²) >= 11 is 11.9. The van der Waals surface area contributed by atoms with E-state index in [2.05, 4.69) is 0 Å². The molecule has 0 amide bonds. The van der Waals surface area contributed by atoms with Gasteiger partial charge in [0.05, 0.1) is 24.0 Å². The van der Waals surface area contributed by atoms with Gasteiger partial charge in [-0.15, -0.1) is 23.2 Å². The van der Waals surface area contributed by atoms with E-state index in [1.807, 2.05) is 0 Å². The molecule has 0 rings (SSSR count). The van der Waals surface area contributed by atoms with Crippen molar-refractivity contribution in [3.8, 4) is 0 Å². The summed E-state index contributed by atoms with van der Waals surface area (Å²) in [4.78, 5) is 23.9. The second-order valence-corrected chi connectivity index (χ2v) is 4.85. The fourth-order valence-electron chi connectivity index (χ4n) is 1.55. The van der Waals surface area contributed by atoms with Crippen LogP contribution in [0.15, 0.2) is 0 Å². The molecule has 0 saturated carbocycles. The molecule has 0 aromatic rings. The first kappa shape index (κ1) is 16.5. The topological polar surface area (TPSA) is 52.6 Å². The highest BCUT2D eigenvalue weighted by Crippen LogP contribution is 2.37. The molecule has 0 aromatic carbocycles. The molecule has 0 aliphatic carbocycles. The van der Waals surface area contributed by atoms with Crippen LogP contribution in [0.3, 0.4) is 0 Å². The number of carbonyl (C=O) groups is 2. The van der Waals surface area contributed by atoms with Gasteiger partial charge in [0.25, 0.3) is 0 Å². The molecule has 2 unspecified atom stereocenters. The third-order valence-electron chi connectivity index (χ3n) is 2.48. The monoisotopic (exact) mass is 284 g/mol. The third kappa shape index (κ3) is 3.26. The van der Waals surface area contributed by atoms with Crippen molar-refractivity contribution >= 4 is 35.1 Å². The highest BCUT2D eigenvalue weighted by Gasteiger charge is 2.56. The summed E-state index contributed by atoms with van der Waals surface area (Å²) in [5.41, 5.74) is -1.67. The molecule has 0 spiro atoms. The molecule has 0 aromatic heterocycles. The van der Waals surface area contributed by atoms with Gasteiger partial charge in [0.2, 0.25) is 0 Å². The summed E-state index contributed by atoms with van der Waals surface area (Å²) in [5.74, 6) is -1.49. The first-order chi connectivity index (χ1) is 7.85. The van der Waals surface area contributed by atoms with Crippen molar-refractivity contribution in [1.29, 1.82) is 0 Å². The Morgan fingerprint density at radius 2 is 1.29 bits per heavy atom. The van der Waals surface area contributed by atoms with E-state index in [-0.39, 0.29) is 13.2 Å². The molecule has 0 bridgehead atoms. The van der Waals surface area contributed by atoms with Gasteiger partial charge in [0.1, 0.15) is 0 Å². The van der Waals surface area contributed by atoms with Crippen LogP contribution in [0.4, 0.5) is 0 Å². The van der Waals surface area contributed by atoms with Gasteiger partial charge >= 0.3 is 11.9 Å². The molecule has 0 heterocycles. The lowest BCUT2D eigenvalue weighted by Crippen LogP contribution is -2.53. The molecule has 0 saturated heterocycles. The first-order valence-electron chi connectivity index (χ1n) is 5.48. The summed E-state index contributed by atoms with van der Waals surface area (Å²) in [5, 5.41) is -1.65. The molecular formula is C11H18Cl2O4. The fourth-order valence-corrected chi connectivity index (χ4v) is 2.35. The Labute approximate surface area is 112 Å². The van der Waals surface area contributed by atoms with E-state index in [0.29, 0.717) is 0 Å². The second-order valence-electron chi connectivity index (χ2n) is 3.54. The Morgan fingerprint density at radius 3 is 1.47 bits per heavy atom. The molecule has 4 nitrogen and oxygen atoms in total. The van der Waals surface area contributed by atoms with Crippen LogP contribution in [-0.2, 0) is 19.1 Å². The molecule has 0 fully saturated rings. The van der Waals surface area contributed by atoms with Crippen LogP contribution in [0.5, 0.6) is 0 Å². The standard InChI is InChI=1S/C11H18Cl2O4/c1-5-16-9(14)11(7(3)12,8(4)13)10(15)17-6-2/h7-8H,5-6H2,1-4H3. The summed E-state index contributed by atoms with van der Waals surface area (Å²) in [6, 6.07) is 0. The van der Waals surface area contributed by atoms with Gasteiger partial charge in [-0.3, -0.25) is 9.59 Å². The smallest absolute Gasteiger partial charge is 0.326 e. The molecular weight excluding hydrogens is 267 g/mol. The zero-order valence-electron chi connectivity index (χ0n) is 10.5. The minimum absolute atomic E-state index is 0.146. The lowest BCUT2D eigenvalue weighted by atomic mass is 9.81. The van der Waals surface area contributed by atoms with Gasteiger partial charge in [-0.05, 0) is 27.7 Å². The number of hydrogen-bond acceptors (Lipinski definition) is 4.